The van der Waals surface area contributed by atoms with Crippen LogP contribution in [0.5, 0.6) is 5.75 Å². The highest BCUT2D eigenvalue weighted by atomic mass is 32.1. The molecule has 1 fully saturated rings. The number of nitrogens with zero attached hydrogens (tertiary/aromatic N) is 1. The van der Waals surface area contributed by atoms with Crippen LogP contribution < -0.4 is 4.74 Å². The molecular weight excluding hydrogens is 334 g/mol. The van der Waals surface area contributed by atoms with E-state index >= 15 is 0 Å². The number of methoxy groups -OCH3 is 1. The minimum absolute atomic E-state index is 0.161. The van der Waals surface area contributed by atoms with E-state index in [0.717, 1.165) is 71.7 Å². The van der Waals surface area contributed by atoms with Gasteiger partial charge in [0.05, 0.1) is 18.1 Å². The third-order valence-corrected chi connectivity index (χ3v) is 6.12. The average molecular weight is 362 g/mol. The highest BCUT2D eigenvalue weighted by Gasteiger charge is 2.25. The Labute approximate surface area is 153 Å². The Morgan fingerprint density at radius 2 is 2.16 bits per heavy atom. The van der Waals surface area contributed by atoms with Gasteiger partial charge in [-0.2, -0.15) is 0 Å². The minimum Gasteiger partial charge on any atom is -0.497 e. The standard InChI is InChI=1S/C20H27NO3S/c1-4-12-24-15-6-5-10-21(11-9-15)20(22)19-14(2)17-13-16(23-3)7-8-18(17)25-19/h7-8,13,15H,4-6,9-12H2,1-3H3. The van der Waals surface area contributed by atoms with Gasteiger partial charge in [0.1, 0.15) is 5.75 Å². The molecule has 1 aliphatic rings. The molecule has 136 valence electrons. The molecule has 0 spiro atoms. The van der Waals surface area contributed by atoms with Gasteiger partial charge in [0, 0.05) is 24.4 Å². The van der Waals surface area contributed by atoms with Crippen LogP contribution in [-0.4, -0.2) is 43.7 Å². The fourth-order valence-corrected chi connectivity index (χ4v) is 4.55. The van der Waals surface area contributed by atoms with Gasteiger partial charge in [-0.3, -0.25) is 4.79 Å². The lowest BCUT2D eigenvalue weighted by Gasteiger charge is -2.20. The molecule has 1 aliphatic heterocycles. The fourth-order valence-electron chi connectivity index (χ4n) is 3.39. The quantitative estimate of drug-likeness (QED) is 0.779. The highest BCUT2D eigenvalue weighted by Crippen LogP contribution is 2.34. The normalized spacial score (nSPS) is 18.4. The molecule has 2 aromatic rings. The van der Waals surface area contributed by atoms with E-state index in [4.69, 9.17) is 9.47 Å². The average Bonchev–Trinajstić information content (AvgIpc) is 2.81. The van der Waals surface area contributed by atoms with Crippen LogP contribution in [-0.2, 0) is 4.74 Å². The summed E-state index contributed by atoms with van der Waals surface area (Å²) in [5.74, 6) is 0.992. The van der Waals surface area contributed by atoms with E-state index in [9.17, 15) is 4.79 Å². The summed E-state index contributed by atoms with van der Waals surface area (Å²) in [7, 11) is 1.67. The Morgan fingerprint density at radius 3 is 2.92 bits per heavy atom. The molecule has 0 aliphatic carbocycles. The van der Waals surface area contributed by atoms with Crippen molar-refractivity contribution in [1.29, 1.82) is 0 Å². The lowest BCUT2D eigenvalue weighted by Crippen LogP contribution is -2.32. The molecule has 1 aromatic carbocycles. The topological polar surface area (TPSA) is 38.8 Å². The van der Waals surface area contributed by atoms with Gasteiger partial charge in [0.25, 0.3) is 5.91 Å². The lowest BCUT2D eigenvalue weighted by molar-refractivity contribution is 0.0432. The number of amides is 1. The van der Waals surface area contributed by atoms with Crippen LogP contribution in [0.4, 0.5) is 0 Å². The third-order valence-electron chi connectivity index (χ3n) is 4.86. The van der Waals surface area contributed by atoms with Crippen molar-refractivity contribution in [2.45, 2.75) is 45.6 Å². The van der Waals surface area contributed by atoms with Crippen molar-refractivity contribution in [1.82, 2.24) is 4.90 Å². The molecule has 1 unspecified atom stereocenters. The molecular formula is C20H27NO3S. The van der Waals surface area contributed by atoms with Gasteiger partial charge in [-0.05, 0) is 61.8 Å². The molecule has 1 aromatic heterocycles. The number of rotatable bonds is 5. The molecule has 4 nitrogen and oxygen atoms in total. The second-order valence-electron chi connectivity index (χ2n) is 6.63. The summed E-state index contributed by atoms with van der Waals surface area (Å²) in [6.07, 6.45) is 4.34. The van der Waals surface area contributed by atoms with Crippen molar-refractivity contribution in [2.75, 3.05) is 26.8 Å². The first-order valence-corrected chi connectivity index (χ1v) is 9.93. The number of hydrogen-bond donors (Lipinski definition) is 0. The van der Waals surface area contributed by atoms with Gasteiger partial charge in [-0.25, -0.2) is 0 Å². The minimum atomic E-state index is 0.161. The van der Waals surface area contributed by atoms with Crippen molar-refractivity contribution in [3.05, 3.63) is 28.6 Å². The molecule has 3 rings (SSSR count). The first-order chi connectivity index (χ1) is 12.1. The smallest absolute Gasteiger partial charge is 0.264 e. The Kier molecular flexibility index (Phi) is 5.97. The van der Waals surface area contributed by atoms with Gasteiger partial charge in [-0.1, -0.05) is 6.92 Å². The van der Waals surface area contributed by atoms with E-state index in [0.29, 0.717) is 6.10 Å². The van der Waals surface area contributed by atoms with Crippen molar-refractivity contribution >= 4 is 27.3 Å². The van der Waals surface area contributed by atoms with Gasteiger partial charge in [-0.15, -0.1) is 11.3 Å². The second-order valence-corrected chi connectivity index (χ2v) is 7.69. The molecule has 1 amide bonds. The molecule has 0 N–H and O–H groups in total. The molecule has 0 radical (unpaired) electrons. The van der Waals surface area contributed by atoms with Crippen molar-refractivity contribution in [3.8, 4) is 5.75 Å². The molecule has 0 bridgehead atoms. The molecule has 2 heterocycles. The second kappa shape index (κ2) is 8.19. The SMILES string of the molecule is CCCOC1CCCN(C(=O)c2sc3ccc(OC)cc3c2C)CC1. The van der Waals surface area contributed by atoms with E-state index in [1.54, 1.807) is 18.4 Å². The number of carbonyl (C=O) groups excluding carboxylic acids is 1. The van der Waals surface area contributed by atoms with Gasteiger partial charge < -0.3 is 14.4 Å². The maximum Gasteiger partial charge on any atom is 0.264 e. The van der Waals surface area contributed by atoms with Crippen LogP contribution >= 0.6 is 11.3 Å². The summed E-state index contributed by atoms with van der Waals surface area (Å²) >= 11 is 1.59. The van der Waals surface area contributed by atoms with Gasteiger partial charge >= 0.3 is 0 Å². The zero-order chi connectivity index (χ0) is 17.8. The Balaban J connectivity index is 1.76. The number of fused-ring (bicyclic) bond motifs is 1. The summed E-state index contributed by atoms with van der Waals surface area (Å²) in [6.45, 7) is 6.59. The maximum absolute atomic E-state index is 13.1. The monoisotopic (exact) mass is 361 g/mol. The Hall–Kier alpha value is -1.59. The first-order valence-electron chi connectivity index (χ1n) is 9.12. The van der Waals surface area contributed by atoms with Gasteiger partial charge in [0.15, 0.2) is 0 Å². The van der Waals surface area contributed by atoms with Crippen LogP contribution in [0.2, 0.25) is 0 Å². The highest BCUT2D eigenvalue weighted by molar-refractivity contribution is 7.21. The summed E-state index contributed by atoms with van der Waals surface area (Å²) in [5, 5.41) is 1.12. The third kappa shape index (κ3) is 3.98. The fraction of sp³-hybridized carbons (Fsp3) is 0.550. The summed E-state index contributed by atoms with van der Waals surface area (Å²) in [6, 6.07) is 6.02. The summed E-state index contributed by atoms with van der Waals surface area (Å²) < 4.78 is 12.4. The number of likely N-dealkylation sites (tertiary alicyclic amines) is 1. The van der Waals surface area contributed by atoms with E-state index in [1.807, 2.05) is 30.0 Å². The zero-order valence-corrected chi connectivity index (χ0v) is 16.2. The van der Waals surface area contributed by atoms with E-state index in [-0.39, 0.29) is 5.91 Å². The molecule has 1 atom stereocenters. The largest absolute Gasteiger partial charge is 0.497 e. The van der Waals surface area contributed by atoms with Crippen molar-refractivity contribution < 1.29 is 14.3 Å². The number of carbonyl (C=O) groups is 1. The number of hydrogen-bond acceptors (Lipinski definition) is 4. The van der Waals surface area contributed by atoms with E-state index in [2.05, 4.69) is 6.92 Å². The van der Waals surface area contributed by atoms with Crippen LogP contribution in [0.25, 0.3) is 10.1 Å². The summed E-state index contributed by atoms with van der Waals surface area (Å²) in [5.41, 5.74) is 1.06. The number of aryl methyl sites for hydroxylation is 1. The number of thiophene rings is 1. The van der Waals surface area contributed by atoms with Crippen LogP contribution in [0.15, 0.2) is 18.2 Å². The van der Waals surface area contributed by atoms with Gasteiger partial charge in [0.2, 0.25) is 0 Å². The van der Waals surface area contributed by atoms with Crippen LogP contribution in [0.1, 0.15) is 47.8 Å². The maximum atomic E-state index is 13.1. The Bertz CT molecular complexity index is 740. The number of benzene rings is 1. The van der Waals surface area contributed by atoms with Crippen LogP contribution in [0.3, 0.4) is 0 Å². The molecule has 1 saturated heterocycles. The summed E-state index contributed by atoms with van der Waals surface area (Å²) in [4.78, 5) is 15.9. The van der Waals surface area contributed by atoms with Crippen molar-refractivity contribution in [3.63, 3.8) is 0 Å². The Morgan fingerprint density at radius 1 is 1.32 bits per heavy atom. The van der Waals surface area contributed by atoms with E-state index in [1.165, 1.54) is 0 Å². The molecule has 25 heavy (non-hydrogen) atoms. The molecule has 0 saturated carbocycles. The first kappa shape index (κ1) is 18.2. The van der Waals surface area contributed by atoms with Crippen molar-refractivity contribution in [2.24, 2.45) is 0 Å². The van der Waals surface area contributed by atoms with E-state index < -0.39 is 0 Å². The van der Waals surface area contributed by atoms with Crippen LogP contribution in [0, 0.1) is 6.92 Å². The number of ether oxygens (including phenoxy) is 2. The predicted molar refractivity (Wildman–Crippen MR) is 103 cm³/mol. The lowest BCUT2D eigenvalue weighted by atomic mass is 10.1. The predicted octanol–water partition coefficient (Wildman–Crippen LogP) is 4.64. The molecule has 5 heteroatoms. The zero-order valence-electron chi connectivity index (χ0n) is 15.3.